The maximum atomic E-state index is 12.9. The fourth-order valence-corrected chi connectivity index (χ4v) is 5.30. The van der Waals surface area contributed by atoms with E-state index in [1.807, 2.05) is 19.1 Å². The van der Waals surface area contributed by atoms with Crippen LogP contribution >= 0.6 is 0 Å². The van der Waals surface area contributed by atoms with Gasteiger partial charge in [-0.3, -0.25) is 0 Å². The number of sulfonamides is 1. The monoisotopic (exact) mass is 404 g/mol. The van der Waals surface area contributed by atoms with E-state index in [0.717, 1.165) is 43.8 Å². The standard InChI is InChI=1S/C21H32N4O2S/c1-3-22-21(24-19-8-4-5-9-19)23-15-18-10-12-20(13-11-18)28(26,27)25-14-6-7-17(2)16-25/h4-5,10-13,17,19H,3,6-9,14-16H2,1-2H3,(H2,22,23,24). The van der Waals surface area contributed by atoms with Crippen molar-refractivity contribution < 1.29 is 8.42 Å². The summed E-state index contributed by atoms with van der Waals surface area (Å²) in [4.78, 5) is 5.02. The molecule has 6 nitrogen and oxygen atoms in total. The molecule has 0 spiro atoms. The van der Waals surface area contributed by atoms with Crippen molar-refractivity contribution in [2.75, 3.05) is 19.6 Å². The number of hydrogen-bond donors (Lipinski definition) is 2. The number of rotatable bonds is 6. The first-order valence-electron chi connectivity index (χ1n) is 10.3. The molecule has 1 aromatic rings. The van der Waals surface area contributed by atoms with E-state index in [9.17, 15) is 8.42 Å². The first-order valence-corrected chi connectivity index (χ1v) is 11.7. The molecule has 0 saturated carbocycles. The number of hydrogen-bond acceptors (Lipinski definition) is 3. The Balaban J connectivity index is 1.64. The molecule has 1 atom stereocenters. The van der Waals surface area contributed by atoms with Gasteiger partial charge in [-0.1, -0.05) is 31.2 Å². The number of benzene rings is 1. The van der Waals surface area contributed by atoms with Gasteiger partial charge in [-0.05, 0) is 56.2 Å². The Labute approximate surface area is 169 Å². The van der Waals surface area contributed by atoms with Gasteiger partial charge in [0.1, 0.15) is 0 Å². The highest BCUT2D eigenvalue weighted by molar-refractivity contribution is 7.89. The molecular weight excluding hydrogens is 372 g/mol. The molecule has 0 aromatic heterocycles. The lowest BCUT2D eigenvalue weighted by Crippen LogP contribution is -2.42. The van der Waals surface area contributed by atoms with E-state index in [1.165, 1.54) is 0 Å². The summed E-state index contributed by atoms with van der Waals surface area (Å²) in [5.74, 6) is 1.22. The van der Waals surface area contributed by atoms with Crippen molar-refractivity contribution in [3.8, 4) is 0 Å². The number of nitrogens with zero attached hydrogens (tertiary/aromatic N) is 2. The third-order valence-electron chi connectivity index (χ3n) is 5.29. The molecule has 1 aliphatic carbocycles. The van der Waals surface area contributed by atoms with Crippen LogP contribution in [0.3, 0.4) is 0 Å². The molecule has 1 heterocycles. The maximum absolute atomic E-state index is 12.9. The fourth-order valence-electron chi connectivity index (χ4n) is 3.70. The summed E-state index contributed by atoms with van der Waals surface area (Å²) in [6.07, 6.45) is 8.44. The topological polar surface area (TPSA) is 73.8 Å². The van der Waals surface area contributed by atoms with Gasteiger partial charge in [-0.2, -0.15) is 4.31 Å². The molecule has 154 valence electrons. The van der Waals surface area contributed by atoms with Gasteiger partial charge >= 0.3 is 0 Å². The highest BCUT2D eigenvalue weighted by Crippen LogP contribution is 2.23. The molecule has 1 saturated heterocycles. The van der Waals surface area contributed by atoms with Gasteiger partial charge in [-0.25, -0.2) is 13.4 Å². The van der Waals surface area contributed by atoms with E-state index in [0.29, 0.717) is 36.5 Å². The molecule has 2 aliphatic rings. The van der Waals surface area contributed by atoms with Crippen LogP contribution in [0.25, 0.3) is 0 Å². The molecule has 3 rings (SSSR count). The van der Waals surface area contributed by atoms with Gasteiger partial charge in [0.05, 0.1) is 11.4 Å². The molecule has 0 radical (unpaired) electrons. The first-order chi connectivity index (χ1) is 13.5. The van der Waals surface area contributed by atoms with Crippen LogP contribution in [-0.4, -0.2) is 44.4 Å². The van der Waals surface area contributed by atoms with Gasteiger partial charge in [-0.15, -0.1) is 0 Å². The van der Waals surface area contributed by atoms with Crippen LogP contribution < -0.4 is 10.6 Å². The third kappa shape index (κ3) is 5.35. The van der Waals surface area contributed by atoms with Crippen molar-refractivity contribution in [2.24, 2.45) is 10.9 Å². The minimum Gasteiger partial charge on any atom is -0.357 e. The van der Waals surface area contributed by atoms with E-state index in [2.05, 4.69) is 34.7 Å². The summed E-state index contributed by atoms with van der Waals surface area (Å²) in [7, 11) is -3.40. The zero-order chi connectivity index (χ0) is 20.0. The highest BCUT2D eigenvalue weighted by Gasteiger charge is 2.28. The predicted molar refractivity (Wildman–Crippen MR) is 114 cm³/mol. The summed E-state index contributed by atoms with van der Waals surface area (Å²) < 4.78 is 27.3. The largest absolute Gasteiger partial charge is 0.357 e. The first kappa shape index (κ1) is 20.9. The van der Waals surface area contributed by atoms with Gasteiger partial charge < -0.3 is 10.6 Å². The Morgan fingerprint density at radius 1 is 1.21 bits per heavy atom. The Morgan fingerprint density at radius 3 is 2.57 bits per heavy atom. The summed E-state index contributed by atoms with van der Waals surface area (Å²) >= 11 is 0. The van der Waals surface area contributed by atoms with Crippen LogP contribution in [0, 0.1) is 5.92 Å². The minimum atomic E-state index is -3.40. The fraction of sp³-hybridized carbons (Fsp3) is 0.571. The van der Waals surface area contributed by atoms with Crippen LogP contribution in [0.4, 0.5) is 0 Å². The van der Waals surface area contributed by atoms with Gasteiger partial charge in [0.2, 0.25) is 10.0 Å². The molecule has 2 N–H and O–H groups in total. The second-order valence-electron chi connectivity index (χ2n) is 7.73. The van der Waals surface area contributed by atoms with Gasteiger partial charge in [0, 0.05) is 25.7 Å². The van der Waals surface area contributed by atoms with Crippen LogP contribution in [0.15, 0.2) is 46.3 Å². The Morgan fingerprint density at radius 2 is 1.93 bits per heavy atom. The van der Waals surface area contributed by atoms with E-state index >= 15 is 0 Å². The summed E-state index contributed by atoms with van der Waals surface area (Å²) in [6, 6.07) is 7.55. The van der Waals surface area contributed by atoms with Crippen molar-refractivity contribution in [3.63, 3.8) is 0 Å². The number of guanidine groups is 1. The van der Waals surface area contributed by atoms with Crippen molar-refractivity contribution >= 4 is 16.0 Å². The maximum Gasteiger partial charge on any atom is 0.243 e. The van der Waals surface area contributed by atoms with Crippen molar-refractivity contribution in [1.29, 1.82) is 0 Å². The predicted octanol–water partition coefficient (Wildman–Crippen LogP) is 2.88. The minimum absolute atomic E-state index is 0.372. The average Bonchev–Trinajstić information content (AvgIpc) is 3.20. The molecule has 1 aromatic carbocycles. The van der Waals surface area contributed by atoms with E-state index in [-0.39, 0.29) is 0 Å². The Bertz CT molecular complexity index is 794. The Kier molecular flexibility index (Phi) is 7.13. The highest BCUT2D eigenvalue weighted by atomic mass is 32.2. The normalized spacial score (nSPS) is 21.8. The molecule has 0 bridgehead atoms. The zero-order valence-corrected chi connectivity index (χ0v) is 17.7. The van der Waals surface area contributed by atoms with Crippen molar-refractivity contribution in [3.05, 3.63) is 42.0 Å². The number of aliphatic imine (C=N–C) groups is 1. The van der Waals surface area contributed by atoms with Crippen molar-refractivity contribution in [1.82, 2.24) is 14.9 Å². The summed E-state index contributed by atoms with van der Waals surface area (Å²) in [5.41, 5.74) is 0.993. The smallest absolute Gasteiger partial charge is 0.243 e. The average molecular weight is 405 g/mol. The lowest BCUT2D eigenvalue weighted by Gasteiger charge is -2.30. The third-order valence-corrected chi connectivity index (χ3v) is 7.17. The van der Waals surface area contributed by atoms with E-state index < -0.39 is 10.0 Å². The van der Waals surface area contributed by atoms with E-state index in [4.69, 9.17) is 0 Å². The van der Waals surface area contributed by atoms with Gasteiger partial charge in [0.15, 0.2) is 5.96 Å². The number of piperidine rings is 1. The molecule has 28 heavy (non-hydrogen) atoms. The second-order valence-corrected chi connectivity index (χ2v) is 9.67. The van der Waals surface area contributed by atoms with Gasteiger partial charge in [0.25, 0.3) is 0 Å². The lowest BCUT2D eigenvalue weighted by molar-refractivity contribution is 0.281. The molecule has 0 amide bonds. The van der Waals surface area contributed by atoms with Crippen LogP contribution in [0.2, 0.25) is 0 Å². The summed E-state index contributed by atoms with van der Waals surface area (Å²) in [5, 5.41) is 6.71. The molecule has 1 fully saturated rings. The van der Waals surface area contributed by atoms with Crippen LogP contribution in [0.5, 0.6) is 0 Å². The second kappa shape index (κ2) is 9.56. The molecule has 1 unspecified atom stereocenters. The Hall–Kier alpha value is -1.86. The molecule has 7 heteroatoms. The van der Waals surface area contributed by atoms with Crippen LogP contribution in [0.1, 0.15) is 45.1 Å². The molecular formula is C21H32N4O2S. The number of nitrogens with one attached hydrogen (secondary N) is 2. The van der Waals surface area contributed by atoms with Crippen LogP contribution in [-0.2, 0) is 16.6 Å². The zero-order valence-electron chi connectivity index (χ0n) is 16.9. The SMILES string of the molecule is CCNC(=NCc1ccc(S(=O)(=O)N2CCCC(C)C2)cc1)NC1CC=CC1. The summed E-state index contributed by atoms with van der Waals surface area (Å²) in [6.45, 7) is 6.70. The van der Waals surface area contributed by atoms with Crippen molar-refractivity contribution in [2.45, 2.75) is 57.0 Å². The quantitative estimate of drug-likeness (QED) is 0.434. The van der Waals surface area contributed by atoms with E-state index in [1.54, 1.807) is 16.4 Å². The lowest BCUT2D eigenvalue weighted by atomic mass is 10.0. The molecule has 1 aliphatic heterocycles.